The van der Waals surface area contributed by atoms with Crippen molar-refractivity contribution in [2.75, 3.05) is 6.54 Å². The van der Waals surface area contributed by atoms with Crippen LogP contribution in [-0.4, -0.2) is 29.4 Å². The van der Waals surface area contributed by atoms with Crippen LogP contribution in [0.4, 0.5) is 4.39 Å². The summed E-state index contributed by atoms with van der Waals surface area (Å²) in [7, 11) is 0. The predicted molar refractivity (Wildman–Crippen MR) is 77.7 cm³/mol. The second-order valence-electron chi connectivity index (χ2n) is 5.68. The molecule has 110 valence electrons. The summed E-state index contributed by atoms with van der Waals surface area (Å²) in [5.74, 6) is 0.0757. The van der Waals surface area contributed by atoms with E-state index in [1.807, 2.05) is 11.0 Å². The van der Waals surface area contributed by atoms with Gasteiger partial charge in [0.1, 0.15) is 5.82 Å². The minimum atomic E-state index is -0.198. The van der Waals surface area contributed by atoms with Crippen LogP contribution in [-0.2, 0) is 11.3 Å². The summed E-state index contributed by atoms with van der Waals surface area (Å²) in [6.45, 7) is 5.64. The first-order valence-electron chi connectivity index (χ1n) is 7.34. The summed E-state index contributed by atoms with van der Waals surface area (Å²) in [6, 6.07) is 7.26. The number of amides is 1. The molecule has 1 N–H and O–H groups in total. The van der Waals surface area contributed by atoms with Gasteiger partial charge in [0, 0.05) is 25.0 Å². The summed E-state index contributed by atoms with van der Waals surface area (Å²) in [4.78, 5) is 13.8. The molecule has 1 aromatic carbocycles. The van der Waals surface area contributed by atoms with Crippen LogP contribution >= 0.6 is 0 Å². The molecule has 0 saturated carbocycles. The molecule has 1 aromatic rings. The molecule has 0 radical (unpaired) electrons. The molecule has 0 aromatic heterocycles. The summed E-state index contributed by atoms with van der Waals surface area (Å²) in [6.07, 6.45) is 2.59. The normalized spacial score (nSPS) is 19.1. The Hall–Kier alpha value is -1.42. The summed E-state index contributed by atoms with van der Waals surface area (Å²) >= 11 is 0. The lowest BCUT2D eigenvalue weighted by Crippen LogP contribution is -2.40. The number of carbonyl (C=O) groups excluding carboxylic acids is 1. The molecule has 0 unspecified atom stereocenters. The van der Waals surface area contributed by atoms with Gasteiger partial charge in [-0.25, -0.2) is 4.39 Å². The van der Waals surface area contributed by atoms with Gasteiger partial charge in [0.2, 0.25) is 5.91 Å². The topological polar surface area (TPSA) is 32.3 Å². The number of hydrogen-bond donors (Lipinski definition) is 1. The van der Waals surface area contributed by atoms with Crippen LogP contribution < -0.4 is 5.32 Å². The maximum absolute atomic E-state index is 13.0. The zero-order chi connectivity index (χ0) is 14.5. The molecular formula is C16H23FN2O. The van der Waals surface area contributed by atoms with Crippen LogP contribution in [0.15, 0.2) is 24.3 Å². The lowest BCUT2D eigenvalue weighted by atomic mass is 10.1. The van der Waals surface area contributed by atoms with Gasteiger partial charge in [-0.2, -0.15) is 0 Å². The molecule has 1 atom stereocenters. The highest BCUT2D eigenvalue weighted by molar-refractivity contribution is 5.79. The van der Waals surface area contributed by atoms with Gasteiger partial charge in [0.05, 0.1) is 0 Å². The number of rotatable bonds is 6. The predicted octanol–water partition coefficient (Wildman–Crippen LogP) is 2.70. The van der Waals surface area contributed by atoms with E-state index in [2.05, 4.69) is 19.2 Å². The van der Waals surface area contributed by atoms with Gasteiger partial charge in [-0.05, 0) is 50.9 Å². The molecule has 1 heterocycles. The summed E-state index contributed by atoms with van der Waals surface area (Å²) < 4.78 is 13.0. The van der Waals surface area contributed by atoms with Crippen LogP contribution in [0.25, 0.3) is 0 Å². The molecule has 0 aliphatic carbocycles. The van der Waals surface area contributed by atoms with Crippen LogP contribution in [0.5, 0.6) is 0 Å². The summed E-state index contributed by atoms with van der Waals surface area (Å²) in [5.41, 5.74) is 0.952. The fourth-order valence-electron chi connectivity index (χ4n) is 2.90. The molecule has 1 saturated heterocycles. The quantitative estimate of drug-likeness (QED) is 0.811. The maximum Gasteiger partial charge on any atom is 0.223 e. The fraction of sp³-hybridized carbons (Fsp3) is 0.562. The Bertz CT molecular complexity index is 462. The van der Waals surface area contributed by atoms with Gasteiger partial charge in [-0.15, -0.1) is 0 Å². The molecule has 20 heavy (non-hydrogen) atoms. The van der Waals surface area contributed by atoms with Crippen molar-refractivity contribution in [1.29, 1.82) is 0 Å². The highest BCUT2D eigenvalue weighted by Gasteiger charge is 2.31. The van der Waals surface area contributed by atoms with Gasteiger partial charge in [0.25, 0.3) is 0 Å². The van der Waals surface area contributed by atoms with Crippen molar-refractivity contribution in [3.8, 4) is 0 Å². The van der Waals surface area contributed by atoms with E-state index in [4.69, 9.17) is 0 Å². The van der Waals surface area contributed by atoms with Crippen molar-refractivity contribution in [2.45, 2.75) is 51.7 Å². The first-order chi connectivity index (χ1) is 9.58. The molecule has 3 nitrogen and oxygen atoms in total. The first-order valence-corrected chi connectivity index (χ1v) is 7.34. The zero-order valence-electron chi connectivity index (χ0n) is 12.2. The molecule has 1 amide bonds. The molecule has 1 aliphatic heterocycles. The number of hydrogen-bond acceptors (Lipinski definition) is 2. The first kappa shape index (κ1) is 15.0. The van der Waals surface area contributed by atoms with Crippen molar-refractivity contribution in [2.24, 2.45) is 0 Å². The average Bonchev–Trinajstić information content (AvgIpc) is 2.76. The smallest absolute Gasteiger partial charge is 0.223 e. The zero-order valence-corrected chi connectivity index (χ0v) is 12.2. The Morgan fingerprint density at radius 2 is 2.25 bits per heavy atom. The Kier molecular flexibility index (Phi) is 5.12. The lowest BCUT2D eigenvalue weighted by molar-refractivity contribution is -0.130. The van der Waals surface area contributed by atoms with E-state index in [1.165, 1.54) is 6.07 Å². The van der Waals surface area contributed by atoms with Gasteiger partial charge in [-0.3, -0.25) is 4.79 Å². The van der Waals surface area contributed by atoms with Crippen LogP contribution in [0.1, 0.15) is 38.7 Å². The second-order valence-corrected chi connectivity index (χ2v) is 5.68. The van der Waals surface area contributed by atoms with E-state index in [0.29, 0.717) is 19.0 Å². The largest absolute Gasteiger partial charge is 0.337 e. The van der Waals surface area contributed by atoms with Crippen LogP contribution in [0.3, 0.4) is 0 Å². The van der Waals surface area contributed by atoms with E-state index in [1.54, 1.807) is 12.1 Å². The summed E-state index contributed by atoms with van der Waals surface area (Å²) in [5, 5.41) is 3.33. The van der Waals surface area contributed by atoms with Gasteiger partial charge < -0.3 is 10.2 Å². The number of nitrogens with zero attached hydrogens (tertiary/aromatic N) is 1. The van der Waals surface area contributed by atoms with E-state index < -0.39 is 0 Å². The van der Waals surface area contributed by atoms with E-state index in [-0.39, 0.29) is 17.8 Å². The fourth-order valence-corrected chi connectivity index (χ4v) is 2.90. The van der Waals surface area contributed by atoms with Crippen LogP contribution in [0, 0.1) is 5.82 Å². The number of benzene rings is 1. The van der Waals surface area contributed by atoms with Crippen molar-refractivity contribution in [3.05, 3.63) is 35.6 Å². The number of carbonyl (C=O) groups is 1. The van der Waals surface area contributed by atoms with Gasteiger partial charge in [-0.1, -0.05) is 12.1 Å². The SMILES string of the molecule is CC(C)N1C(=O)CC[C@@H]1CCNCc1cccc(F)c1. The third kappa shape index (κ3) is 3.79. The molecule has 0 spiro atoms. The molecule has 1 aliphatic rings. The Morgan fingerprint density at radius 1 is 1.45 bits per heavy atom. The highest BCUT2D eigenvalue weighted by atomic mass is 19.1. The Labute approximate surface area is 120 Å². The third-order valence-electron chi connectivity index (χ3n) is 3.80. The van der Waals surface area contributed by atoms with Crippen molar-refractivity contribution >= 4 is 5.91 Å². The highest BCUT2D eigenvalue weighted by Crippen LogP contribution is 2.23. The molecule has 0 bridgehead atoms. The molecule has 1 fully saturated rings. The Morgan fingerprint density at radius 3 is 2.95 bits per heavy atom. The maximum atomic E-state index is 13.0. The van der Waals surface area contributed by atoms with E-state index in [0.717, 1.165) is 24.9 Å². The molecular weight excluding hydrogens is 255 g/mol. The van der Waals surface area contributed by atoms with Crippen molar-refractivity contribution in [1.82, 2.24) is 10.2 Å². The third-order valence-corrected chi connectivity index (χ3v) is 3.80. The standard InChI is InChI=1S/C16H23FN2O/c1-12(2)19-15(6-7-16(19)20)8-9-18-11-13-4-3-5-14(17)10-13/h3-5,10,12,15,18H,6-9,11H2,1-2H3/t15-/m1/s1. The minimum absolute atomic E-state index is 0.198. The second kappa shape index (κ2) is 6.84. The minimum Gasteiger partial charge on any atom is -0.337 e. The molecule has 2 rings (SSSR count). The number of likely N-dealkylation sites (tertiary alicyclic amines) is 1. The lowest BCUT2D eigenvalue weighted by Gasteiger charge is -2.28. The Balaban J connectivity index is 1.74. The van der Waals surface area contributed by atoms with Gasteiger partial charge >= 0.3 is 0 Å². The van der Waals surface area contributed by atoms with Crippen molar-refractivity contribution in [3.63, 3.8) is 0 Å². The monoisotopic (exact) mass is 278 g/mol. The van der Waals surface area contributed by atoms with Crippen molar-refractivity contribution < 1.29 is 9.18 Å². The van der Waals surface area contributed by atoms with E-state index in [9.17, 15) is 9.18 Å². The number of nitrogens with one attached hydrogen (secondary N) is 1. The average molecular weight is 278 g/mol. The number of halogens is 1. The van der Waals surface area contributed by atoms with Crippen LogP contribution in [0.2, 0.25) is 0 Å². The van der Waals surface area contributed by atoms with Gasteiger partial charge in [0.15, 0.2) is 0 Å². The van der Waals surface area contributed by atoms with E-state index >= 15 is 0 Å². The molecule has 4 heteroatoms.